The van der Waals surface area contributed by atoms with E-state index in [4.69, 9.17) is 11.3 Å². The summed E-state index contributed by atoms with van der Waals surface area (Å²) in [6.07, 6.45) is 2.24. The SMILES string of the molecule is [C-]#[N+]c1cccc(N(CC2(N3CCN(CC(C)C)CC3)CCOCC2)C(=O)CC)n1. The van der Waals surface area contributed by atoms with E-state index in [1.165, 1.54) is 0 Å². The van der Waals surface area contributed by atoms with Gasteiger partial charge in [0.1, 0.15) is 0 Å². The molecule has 3 rings (SSSR count). The molecule has 2 saturated heterocycles. The number of pyridine rings is 1. The molecule has 2 aliphatic heterocycles. The van der Waals surface area contributed by atoms with Gasteiger partial charge in [-0.05, 0) is 24.8 Å². The molecule has 0 N–H and O–H groups in total. The fourth-order valence-electron chi connectivity index (χ4n) is 4.65. The molecule has 0 saturated carbocycles. The van der Waals surface area contributed by atoms with Crippen LogP contribution in [0.25, 0.3) is 4.85 Å². The number of hydrogen-bond donors (Lipinski definition) is 0. The molecule has 2 aliphatic rings. The Morgan fingerprint density at radius 1 is 1.27 bits per heavy atom. The average Bonchev–Trinajstić information content (AvgIpc) is 2.77. The van der Waals surface area contributed by atoms with Crippen LogP contribution in [0.15, 0.2) is 18.2 Å². The number of aromatic nitrogens is 1. The topological polar surface area (TPSA) is 53.3 Å². The second kappa shape index (κ2) is 10.3. The smallest absolute Gasteiger partial charge is 0.271 e. The van der Waals surface area contributed by atoms with Crippen molar-refractivity contribution in [3.63, 3.8) is 0 Å². The van der Waals surface area contributed by atoms with Crippen LogP contribution in [-0.2, 0) is 9.53 Å². The minimum atomic E-state index is -0.108. The molecule has 30 heavy (non-hydrogen) atoms. The van der Waals surface area contributed by atoms with Gasteiger partial charge in [0.2, 0.25) is 11.7 Å². The summed E-state index contributed by atoms with van der Waals surface area (Å²) in [4.78, 5) is 27.8. The summed E-state index contributed by atoms with van der Waals surface area (Å²) in [6.45, 7) is 21.0. The van der Waals surface area contributed by atoms with Gasteiger partial charge in [-0.15, -0.1) is 4.98 Å². The second-order valence-corrected chi connectivity index (χ2v) is 8.82. The fourth-order valence-corrected chi connectivity index (χ4v) is 4.65. The summed E-state index contributed by atoms with van der Waals surface area (Å²) in [7, 11) is 0. The predicted molar refractivity (Wildman–Crippen MR) is 119 cm³/mol. The van der Waals surface area contributed by atoms with E-state index >= 15 is 0 Å². The minimum Gasteiger partial charge on any atom is -0.381 e. The highest BCUT2D eigenvalue weighted by molar-refractivity contribution is 5.92. The highest BCUT2D eigenvalue weighted by atomic mass is 16.5. The standard InChI is InChI=1S/C23H35N5O2/c1-5-22(29)28(21-8-6-7-20(24-4)25-21)18-23(9-15-30-16-10-23)27-13-11-26(12-14-27)17-19(2)3/h6-8,19H,5,9-18H2,1-3H3. The molecule has 3 heterocycles. The van der Waals surface area contributed by atoms with Crippen molar-refractivity contribution in [2.45, 2.75) is 45.6 Å². The lowest BCUT2D eigenvalue weighted by Crippen LogP contribution is -2.63. The highest BCUT2D eigenvalue weighted by Gasteiger charge is 2.42. The monoisotopic (exact) mass is 413 g/mol. The van der Waals surface area contributed by atoms with E-state index in [1.54, 1.807) is 11.0 Å². The third-order valence-electron chi connectivity index (χ3n) is 6.26. The minimum absolute atomic E-state index is 0.0499. The number of amides is 1. The van der Waals surface area contributed by atoms with Gasteiger partial charge in [-0.25, -0.2) is 0 Å². The molecule has 1 amide bonds. The number of carbonyl (C=O) groups excluding carboxylic acids is 1. The van der Waals surface area contributed by atoms with E-state index in [2.05, 4.69) is 33.5 Å². The summed E-state index contributed by atoms with van der Waals surface area (Å²) < 4.78 is 5.70. The van der Waals surface area contributed by atoms with E-state index < -0.39 is 0 Å². The first kappa shape index (κ1) is 22.7. The van der Waals surface area contributed by atoms with Crippen LogP contribution in [0.3, 0.4) is 0 Å². The van der Waals surface area contributed by atoms with Gasteiger partial charge in [-0.1, -0.05) is 33.4 Å². The zero-order valence-corrected chi connectivity index (χ0v) is 18.6. The van der Waals surface area contributed by atoms with E-state index in [0.29, 0.717) is 30.5 Å². The number of nitrogens with zero attached hydrogens (tertiary/aromatic N) is 5. The molecule has 0 radical (unpaired) electrons. The first-order valence-corrected chi connectivity index (χ1v) is 11.2. The Kier molecular flexibility index (Phi) is 7.81. The quantitative estimate of drug-likeness (QED) is 0.643. The number of hydrogen-bond acceptors (Lipinski definition) is 5. The summed E-state index contributed by atoms with van der Waals surface area (Å²) in [5.74, 6) is 1.63. The van der Waals surface area contributed by atoms with Gasteiger partial charge in [0.05, 0.1) is 0 Å². The van der Waals surface area contributed by atoms with Gasteiger partial charge >= 0.3 is 0 Å². The largest absolute Gasteiger partial charge is 0.381 e. The lowest BCUT2D eigenvalue weighted by molar-refractivity contribution is -0.119. The lowest BCUT2D eigenvalue weighted by Gasteiger charge is -2.51. The maximum Gasteiger partial charge on any atom is 0.271 e. The molecule has 0 atom stereocenters. The first-order valence-electron chi connectivity index (χ1n) is 11.2. The number of anilines is 1. The van der Waals surface area contributed by atoms with E-state index in [-0.39, 0.29) is 11.4 Å². The summed E-state index contributed by atoms with van der Waals surface area (Å²) in [6, 6.07) is 5.34. The molecule has 7 heteroatoms. The zero-order chi connectivity index (χ0) is 21.6. The molecule has 7 nitrogen and oxygen atoms in total. The third-order valence-corrected chi connectivity index (χ3v) is 6.26. The maximum atomic E-state index is 12.9. The number of piperazine rings is 1. The number of rotatable bonds is 7. The second-order valence-electron chi connectivity index (χ2n) is 8.82. The molecular weight excluding hydrogens is 378 g/mol. The Balaban J connectivity index is 1.83. The van der Waals surface area contributed by atoms with Crippen LogP contribution >= 0.6 is 0 Å². The van der Waals surface area contributed by atoms with Gasteiger partial charge in [0, 0.05) is 70.5 Å². The van der Waals surface area contributed by atoms with Gasteiger partial charge in [0.25, 0.3) is 5.82 Å². The molecule has 0 aromatic carbocycles. The predicted octanol–water partition coefficient (Wildman–Crippen LogP) is 3.20. The van der Waals surface area contributed by atoms with Crippen molar-refractivity contribution in [3.8, 4) is 0 Å². The Hall–Kier alpha value is -2.01. The van der Waals surface area contributed by atoms with Crippen LogP contribution < -0.4 is 4.90 Å². The Morgan fingerprint density at radius 3 is 2.57 bits per heavy atom. The van der Waals surface area contributed by atoms with Gasteiger partial charge in [0.15, 0.2) is 0 Å². The summed E-state index contributed by atoms with van der Waals surface area (Å²) in [5.41, 5.74) is -0.108. The Morgan fingerprint density at radius 2 is 1.97 bits per heavy atom. The molecule has 0 bridgehead atoms. The van der Waals surface area contributed by atoms with Crippen molar-refractivity contribution < 1.29 is 9.53 Å². The van der Waals surface area contributed by atoms with Crippen LogP contribution in [0, 0.1) is 12.5 Å². The maximum absolute atomic E-state index is 12.9. The molecule has 0 aliphatic carbocycles. The van der Waals surface area contributed by atoms with Gasteiger partial charge < -0.3 is 14.5 Å². The van der Waals surface area contributed by atoms with Crippen LogP contribution in [-0.4, -0.2) is 78.7 Å². The fraction of sp³-hybridized carbons (Fsp3) is 0.696. The van der Waals surface area contributed by atoms with E-state index in [1.807, 2.05) is 19.1 Å². The summed E-state index contributed by atoms with van der Waals surface area (Å²) >= 11 is 0. The molecule has 2 fully saturated rings. The highest BCUT2D eigenvalue weighted by Crippen LogP contribution is 2.32. The van der Waals surface area contributed by atoms with Gasteiger partial charge in [-0.2, -0.15) is 0 Å². The first-order chi connectivity index (χ1) is 14.5. The van der Waals surface area contributed by atoms with Crippen LogP contribution in [0.2, 0.25) is 0 Å². The molecule has 1 aromatic heterocycles. The van der Waals surface area contributed by atoms with Crippen LogP contribution in [0.5, 0.6) is 0 Å². The van der Waals surface area contributed by atoms with Crippen molar-refractivity contribution >= 4 is 17.5 Å². The summed E-state index contributed by atoms with van der Waals surface area (Å²) in [5, 5.41) is 0. The van der Waals surface area contributed by atoms with E-state index in [0.717, 1.165) is 58.8 Å². The Bertz CT molecular complexity index is 746. The van der Waals surface area contributed by atoms with Crippen LogP contribution in [0.1, 0.15) is 40.0 Å². The van der Waals surface area contributed by atoms with Crippen molar-refractivity contribution in [1.82, 2.24) is 14.8 Å². The number of ether oxygens (including phenoxy) is 1. The average molecular weight is 414 g/mol. The van der Waals surface area contributed by atoms with Crippen LogP contribution in [0.4, 0.5) is 11.6 Å². The zero-order valence-electron chi connectivity index (χ0n) is 18.6. The molecule has 1 aromatic rings. The lowest BCUT2D eigenvalue weighted by atomic mass is 9.86. The molecule has 0 spiro atoms. The number of carbonyl (C=O) groups is 1. The van der Waals surface area contributed by atoms with Crippen molar-refractivity contribution in [3.05, 3.63) is 29.6 Å². The molecular formula is C23H35N5O2. The van der Waals surface area contributed by atoms with Gasteiger partial charge in [-0.3, -0.25) is 14.6 Å². The van der Waals surface area contributed by atoms with Crippen molar-refractivity contribution in [1.29, 1.82) is 0 Å². The Labute approximate surface area is 180 Å². The third kappa shape index (κ3) is 5.37. The normalized spacial score (nSPS) is 20.1. The van der Waals surface area contributed by atoms with Crippen molar-refractivity contribution in [2.24, 2.45) is 5.92 Å². The van der Waals surface area contributed by atoms with E-state index in [9.17, 15) is 4.79 Å². The van der Waals surface area contributed by atoms with Crippen molar-refractivity contribution in [2.75, 3.05) is 57.4 Å². The molecule has 0 unspecified atom stereocenters. The molecule has 164 valence electrons.